The van der Waals surface area contributed by atoms with Gasteiger partial charge in [0.1, 0.15) is 5.75 Å². The molecule has 2 heterocycles. The second kappa shape index (κ2) is 8.60. The van der Waals surface area contributed by atoms with Crippen LogP contribution in [0.2, 0.25) is 0 Å². The van der Waals surface area contributed by atoms with Crippen LogP contribution in [0, 0.1) is 20.8 Å². The molecule has 0 unspecified atom stereocenters. The Balaban J connectivity index is 1.60. The first-order chi connectivity index (χ1) is 15.0. The van der Waals surface area contributed by atoms with Crippen molar-refractivity contribution in [2.75, 3.05) is 12.4 Å². The minimum atomic E-state index is -0.0648. The molecule has 6 heteroatoms. The van der Waals surface area contributed by atoms with Gasteiger partial charge in [0.15, 0.2) is 5.65 Å². The number of nitrogens with zero attached hydrogens (tertiary/aromatic N) is 3. The van der Waals surface area contributed by atoms with Crippen LogP contribution < -0.4 is 10.1 Å². The summed E-state index contributed by atoms with van der Waals surface area (Å²) in [6.45, 7) is 6.04. The van der Waals surface area contributed by atoms with Crippen molar-refractivity contribution in [1.29, 1.82) is 0 Å². The topological polar surface area (TPSA) is 68.5 Å². The number of nitrogens with one attached hydrogen (secondary N) is 1. The molecule has 2 aromatic carbocycles. The lowest BCUT2D eigenvalue weighted by Gasteiger charge is -2.13. The number of carbonyl (C=O) groups is 1. The number of aryl methyl sites for hydroxylation is 3. The highest BCUT2D eigenvalue weighted by atomic mass is 16.5. The van der Waals surface area contributed by atoms with Gasteiger partial charge < -0.3 is 10.1 Å². The van der Waals surface area contributed by atoms with Crippen LogP contribution in [0.4, 0.5) is 5.69 Å². The number of ether oxygens (including phenoxy) is 1. The summed E-state index contributed by atoms with van der Waals surface area (Å²) in [5.74, 6) is 0.580. The van der Waals surface area contributed by atoms with Crippen LogP contribution in [0.3, 0.4) is 0 Å². The second-order valence-corrected chi connectivity index (χ2v) is 7.57. The summed E-state index contributed by atoms with van der Waals surface area (Å²) in [5.41, 5.74) is 7.59. The van der Waals surface area contributed by atoms with Crippen molar-refractivity contribution in [2.24, 2.45) is 0 Å². The molecule has 0 fully saturated rings. The maximum Gasteiger partial charge on any atom is 0.224 e. The largest absolute Gasteiger partial charge is 0.495 e. The lowest BCUT2D eigenvalue weighted by atomic mass is 10.0. The molecule has 0 aliphatic heterocycles. The zero-order valence-corrected chi connectivity index (χ0v) is 18.3. The van der Waals surface area contributed by atoms with E-state index in [0.717, 1.165) is 39.4 Å². The van der Waals surface area contributed by atoms with Crippen molar-refractivity contribution in [2.45, 2.75) is 33.6 Å². The molecule has 31 heavy (non-hydrogen) atoms. The molecule has 1 amide bonds. The zero-order valence-electron chi connectivity index (χ0n) is 18.3. The standard InChI is InChI=1S/C25H26N4O2/c1-16-20(14-15-23(30)27-21-12-8-9-13-22(21)31-4)18(3)29-25(26-16)24(17(2)28-29)19-10-6-5-7-11-19/h5-13H,14-15H2,1-4H3,(H,27,30). The maximum absolute atomic E-state index is 12.6. The Bertz CT molecular complexity index is 1250. The number of hydrogen-bond donors (Lipinski definition) is 1. The summed E-state index contributed by atoms with van der Waals surface area (Å²) in [7, 11) is 1.59. The first-order valence-electron chi connectivity index (χ1n) is 10.3. The Hall–Kier alpha value is -3.67. The molecule has 0 saturated heterocycles. The number of amides is 1. The smallest absolute Gasteiger partial charge is 0.224 e. The van der Waals surface area contributed by atoms with Crippen molar-refractivity contribution >= 4 is 17.2 Å². The number of carbonyl (C=O) groups excluding carboxylic acids is 1. The highest BCUT2D eigenvalue weighted by Crippen LogP contribution is 2.29. The molecule has 4 rings (SSSR count). The lowest BCUT2D eigenvalue weighted by Crippen LogP contribution is -2.15. The van der Waals surface area contributed by atoms with Crippen LogP contribution in [0.1, 0.15) is 29.1 Å². The molecular weight excluding hydrogens is 388 g/mol. The monoisotopic (exact) mass is 414 g/mol. The lowest BCUT2D eigenvalue weighted by molar-refractivity contribution is -0.116. The van der Waals surface area contributed by atoms with Crippen LogP contribution in [-0.2, 0) is 11.2 Å². The van der Waals surface area contributed by atoms with Crippen molar-refractivity contribution in [3.05, 3.63) is 77.2 Å². The molecular formula is C25H26N4O2. The number of anilines is 1. The van der Waals surface area contributed by atoms with Gasteiger partial charge in [-0.3, -0.25) is 4.79 Å². The van der Waals surface area contributed by atoms with E-state index in [-0.39, 0.29) is 5.91 Å². The minimum Gasteiger partial charge on any atom is -0.495 e. The van der Waals surface area contributed by atoms with Crippen molar-refractivity contribution < 1.29 is 9.53 Å². The van der Waals surface area contributed by atoms with Gasteiger partial charge in [-0.1, -0.05) is 42.5 Å². The third-order valence-electron chi connectivity index (χ3n) is 5.55. The SMILES string of the molecule is COc1ccccc1NC(=O)CCc1c(C)nc2c(-c3ccccc3)c(C)nn2c1C. The Kier molecular flexibility index (Phi) is 5.71. The normalized spacial score (nSPS) is 11.0. The third-order valence-corrected chi connectivity index (χ3v) is 5.55. The van der Waals surface area contributed by atoms with E-state index < -0.39 is 0 Å². The molecule has 158 valence electrons. The summed E-state index contributed by atoms with van der Waals surface area (Å²) in [6.07, 6.45) is 0.930. The molecule has 0 bridgehead atoms. The van der Waals surface area contributed by atoms with E-state index in [1.54, 1.807) is 7.11 Å². The van der Waals surface area contributed by atoms with Crippen molar-refractivity contribution in [3.63, 3.8) is 0 Å². The molecule has 0 radical (unpaired) electrons. The molecule has 0 aliphatic rings. The molecule has 1 N–H and O–H groups in total. The second-order valence-electron chi connectivity index (χ2n) is 7.57. The number of aromatic nitrogens is 3. The molecule has 0 atom stereocenters. The van der Waals surface area contributed by atoms with Crippen LogP contribution in [0.5, 0.6) is 5.75 Å². The van der Waals surface area contributed by atoms with Crippen LogP contribution in [-0.4, -0.2) is 27.6 Å². The van der Waals surface area contributed by atoms with Gasteiger partial charge in [-0.05, 0) is 50.5 Å². The van der Waals surface area contributed by atoms with Gasteiger partial charge in [0.2, 0.25) is 5.91 Å². The quantitative estimate of drug-likeness (QED) is 0.487. The fourth-order valence-electron chi connectivity index (χ4n) is 3.97. The summed E-state index contributed by atoms with van der Waals surface area (Å²) >= 11 is 0. The predicted molar refractivity (Wildman–Crippen MR) is 123 cm³/mol. The highest BCUT2D eigenvalue weighted by molar-refractivity contribution is 5.92. The first-order valence-corrected chi connectivity index (χ1v) is 10.3. The number of para-hydroxylation sites is 2. The van der Waals surface area contributed by atoms with Crippen LogP contribution in [0.25, 0.3) is 16.8 Å². The summed E-state index contributed by atoms with van der Waals surface area (Å²) in [4.78, 5) is 17.4. The Morgan fingerprint density at radius 1 is 1.00 bits per heavy atom. The maximum atomic E-state index is 12.6. The fraction of sp³-hybridized carbons (Fsp3) is 0.240. The third kappa shape index (κ3) is 4.01. The average molecular weight is 415 g/mol. The Morgan fingerprint density at radius 2 is 1.71 bits per heavy atom. The van der Waals surface area contributed by atoms with Gasteiger partial charge >= 0.3 is 0 Å². The number of methoxy groups -OCH3 is 1. The van der Waals surface area contributed by atoms with Crippen molar-refractivity contribution in [3.8, 4) is 16.9 Å². The molecule has 0 saturated carbocycles. The van der Waals surface area contributed by atoms with E-state index in [1.807, 2.05) is 67.8 Å². The van der Waals surface area contributed by atoms with E-state index in [4.69, 9.17) is 14.8 Å². The zero-order chi connectivity index (χ0) is 22.0. The van der Waals surface area contributed by atoms with E-state index in [9.17, 15) is 4.79 Å². The van der Waals surface area contributed by atoms with Crippen molar-refractivity contribution in [1.82, 2.24) is 14.6 Å². The first kappa shape index (κ1) is 20.6. The predicted octanol–water partition coefficient (Wildman–Crippen LogP) is 4.90. The number of rotatable bonds is 6. The average Bonchev–Trinajstić information content (AvgIpc) is 3.10. The fourth-order valence-corrected chi connectivity index (χ4v) is 3.97. The number of fused-ring (bicyclic) bond motifs is 1. The Morgan fingerprint density at radius 3 is 2.45 bits per heavy atom. The number of hydrogen-bond acceptors (Lipinski definition) is 4. The number of benzene rings is 2. The van der Waals surface area contributed by atoms with E-state index in [0.29, 0.717) is 24.3 Å². The Labute approximate surface area is 181 Å². The van der Waals surface area contributed by atoms with Crippen LogP contribution in [0.15, 0.2) is 54.6 Å². The molecule has 2 aromatic heterocycles. The van der Waals surface area contributed by atoms with E-state index in [1.165, 1.54) is 0 Å². The highest BCUT2D eigenvalue weighted by Gasteiger charge is 2.18. The molecule has 6 nitrogen and oxygen atoms in total. The molecule has 4 aromatic rings. The molecule has 0 spiro atoms. The van der Waals surface area contributed by atoms with Gasteiger partial charge in [0, 0.05) is 23.4 Å². The summed E-state index contributed by atoms with van der Waals surface area (Å²) in [6, 6.07) is 17.6. The van der Waals surface area contributed by atoms with Gasteiger partial charge in [-0.25, -0.2) is 9.50 Å². The van der Waals surface area contributed by atoms with Gasteiger partial charge in [0.05, 0.1) is 18.5 Å². The minimum absolute atomic E-state index is 0.0648. The van der Waals surface area contributed by atoms with Crippen LogP contribution >= 0.6 is 0 Å². The van der Waals surface area contributed by atoms with Gasteiger partial charge in [0.25, 0.3) is 0 Å². The van der Waals surface area contributed by atoms with Gasteiger partial charge in [-0.15, -0.1) is 0 Å². The van der Waals surface area contributed by atoms with Gasteiger partial charge in [-0.2, -0.15) is 5.10 Å². The van der Waals surface area contributed by atoms with E-state index in [2.05, 4.69) is 17.4 Å². The summed E-state index contributed by atoms with van der Waals surface area (Å²) < 4.78 is 7.21. The van der Waals surface area contributed by atoms with E-state index >= 15 is 0 Å². The molecule has 0 aliphatic carbocycles. The summed E-state index contributed by atoms with van der Waals surface area (Å²) in [5, 5.41) is 7.68.